The summed E-state index contributed by atoms with van der Waals surface area (Å²) in [5.41, 5.74) is 2.30. The van der Waals surface area contributed by atoms with Gasteiger partial charge in [0.2, 0.25) is 5.91 Å². The molecule has 0 saturated carbocycles. The fourth-order valence-corrected chi connectivity index (χ4v) is 3.10. The first-order valence-corrected chi connectivity index (χ1v) is 8.50. The second-order valence-electron chi connectivity index (χ2n) is 6.34. The topological polar surface area (TPSA) is 26.8 Å². The summed E-state index contributed by atoms with van der Waals surface area (Å²) >= 11 is 0. The lowest BCUT2D eigenvalue weighted by atomic mass is 10.1. The number of piperazine rings is 1. The highest BCUT2D eigenvalue weighted by Gasteiger charge is 2.28. The van der Waals surface area contributed by atoms with E-state index in [0.29, 0.717) is 6.54 Å². The first-order chi connectivity index (χ1) is 11.0. The van der Waals surface area contributed by atoms with Gasteiger partial charge in [0.05, 0.1) is 6.04 Å². The van der Waals surface area contributed by atoms with Crippen LogP contribution in [0.25, 0.3) is 0 Å². The average molecular weight is 315 g/mol. The normalized spacial score (nSPS) is 16.9. The van der Waals surface area contributed by atoms with Gasteiger partial charge >= 0.3 is 0 Å². The van der Waals surface area contributed by atoms with Gasteiger partial charge in [0, 0.05) is 45.0 Å². The molecule has 1 atom stereocenters. The second kappa shape index (κ2) is 8.16. The van der Waals surface area contributed by atoms with Crippen molar-refractivity contribution in [3.8, 4) is 0 Å². The molecule has 126 valence electrons. The van der Waals surface area contributed by atoms with Crippen molar-refractivity contribution in [1.82, 2.24) is 9.80 Å². The van der Waals surface area contributed by atoms with Gasteiger partial charge in [-0.05, 0) is 32.9 Å². The maximum absolute atomic E-state index is 12.7. The van der Waals surface area contributed by atoms with Gasteiger partial charge in [0.1, 0.15) is 0 Å². The van der Waals surface area contributed by atoms with Gasteiger partial charge in [-0.25, -0.2) is 0 Å². The van der Waals surface area contributed by atoms with Crippen LogP contribution in [0.15, 0.2) is 42.5 Å². The van der Waals surface area contributed by atoms with Crippen LogP contribution in [0.1, 0.15) is 20.8 Å². The number of anilines is 1. The molecule has 1 aromatic rings. The van der Waals surface area contributed by atoms with Gasteiger partial charge in [-0.1, -0.05) is 30.4 Å². The summed E-state index contributed by atoms with van der Waals surface area (Å²) in [6.07, 6.45) is 0. The highest BCUT2D eigenvalue weighted by Crippen LogP contribution is 2.17. The van der Waals surface area contributed by atoms with Crippen LogP contribution < -0.4 is 4.90 Å². The molecule has 1 aliphatic rings. The van der Waals surface area contributed by atoms with Gasteiger partial charge in [0.15, 0.2) is 0 Å². The zero-order chi connectivity index (χ0) is 16.8. The summed E-state index contributed by atoms with van der Waals surface area (Å²) in [4.78, 5) is 19.3. The maximum Gasteiger partial charge on any atom is 0.239 e. The highest BCUT2D eigenvalue weighted by molar-refractivity contribution is 5.81. The van der Waals surface area contributed by atoms with Crippen molar-refractivity contribution >= 4 is 11.6 Å². The van der Waals surface area contributed by atoms with Crippen LogP contribution in [0, 0.1) is 0 Å². The lowest BCUT2D eigenvalue weighted by Crippen LogP contribution is -2.54. The number of para-hydroxylation sites is 1. The van der Waals surface area contributed by atoms with Crippen LogP contribution in [-0.2, 0) is 4.79 Å². The van der Waals surface area contributed by atoms with Crippen molar-refractivity contribution in [2.45, 2.75) is 26.8 Å². The van der Waals surface area contributed by atoms with E-state index >= 15 is 0 Å². The molecular formula is C19H29N3O. The summed E-state index contributed by atoms with van der Waals surface area (Å²) in [6.45, 7) is 15.1. The maximum atomic E-state index is 12.7. The number of carbonyl (C=O) groups is 1. The van der Waals surface area contributed by atoms with Gasteiger partial charge in [-0.3, -0.25) is 9.69 Å². The molecule has 1 unspecified atom stereocenters. The third-order valence-electron chi connectivity index (χ3n) is 4.49. The molecule has 1 heterocycles. The fraction of sp³-hybridized carbons (Fsp3) is 0.526. The van der Waals surface area contributed by atoms with E-state index in [1.807, 2.05) is 31.7 Å². The molecule has 0 aromatic heterocycles. The van der Waals surface area contributed by atoms with Crippen molar-refractivity contribution < 1.29 is 4.79 Å². The van der Waals surface area contributed by atoms with Crippen LogP contribution in [0.4, 0.5) is 5.69 Å². The minimum absolute atomic E-state index is 0.0628. The van der Waals surface area contributed by atoms with Crippen molar-refractivity contribution in [2.75, 3.05) is 44.2 Å². The number of rotatable bonds is 6. The van der Waals surface area contributed by atoms with Crippen molar-refractivity contribution in [1.29, 1.82) is 0 Å². The number of carbonyl (C=O) groups excluding carboxylic acids is 1. The number of hydrogen-bond acceptors (Lipinski definition) is 3. The predicted octanol–water partition coefficient (Wildman–Crippen LogP) is 2.62. The Labute approximate surface area is 140 Å². The summed E-state index contributed by atoms with van der Waals surface area (Å²) in [6, 6.07) is 10.4. The molecule has 1 saturated heterocycles. The third-order valence-corrected chi connectivity index (χ3v) is 4.49. The standard InChI is InChI=1S/C19H29N3O/c1-5-20(15-16(2)3)19(23)17(4)21-11-13-22(14-12-21)18-9-7-6-8-10-18/h6-10,17H,2,5,11-15H2,1,3-4H3. The summed E-state index contributed by atoms with van der Waals surface area (Å²) in [7, 11) is 0. The van der Waals surface area contributed by atoms with Gasteiger partial charge in [-0.2, -0.15) is 0 Å². The van der Waals surface area contributed by atoms with E-state index in [0.717, 1.165) is 38.3 Å². The first-order valence-electron chi connectivity index (χ1n) is 8.50. The quantitative estimate of drug-likeness (QED) is 0.755. The Balaban J connectivity index is 1.91. The lowest BCUT2D eigenvalue weighted by molar-refractivity contribution is -0.136. The van der Waals surface area contributed by atoms with E-state index in [2.05, 4.69) is 40.6 Å². The van der Waals surface area contributed by atoms with Gasteiger partial charge < -0.3 is 9.80 Å². The Hall–Kier alpha value is -1.81. The summed E-state index contributed by atoms with van der Waals surface area (Å²) in [5, 5.41) is 0. The molecule has 1 amide bonds. The minimum atomic E-state index is -0.0628. The van der Waals surface area contributed by atoms with E-state index in [9.17, 15) is 4.79 Å². The van der Waals surface area contributed by atoms with Crippen LogP contribution in [0.5, 0.6) is 0 Å². The van der Waals surface area contributed by atoms with E-state index in [4.69, 9.17) is 0 Å². The molecule has 0 N–H and O–H groups in total. The smallest absolute Gasteiger partial charge is 0.239 e. The molecule has 0 radical (unpaired) electrons. The van der Waals surface area contributed by atoms with E-state index in [1.165, 1.54) is 5.69 Å². The summed E-state index contributed by atoms with van der Waals surface area (Å²) in [5.74, 6) is 0.212. The number of amides is 1. The average Bonchev–Trinajstić information content (AvgIpc) is 2.59. The molecule has 0 spiro atoms. The highest BCUT2D eigenvalue weighted by atomic mass is 16.2. The number of hydrogen-bond donors (Lipinski definition) is 0. The lowest BCUT2D eigenvalue weighted by Gasteiger charge is -2.39. The van der Waals surface area contributed by atoms with Crippen molar-refractivity contribution in [2.24, 2.45) is 0 Å². The number of likely N-dealkylation sites (N-methyl/N-ethyl adjacent to an activating group) is 1. The van der Waals surface area contributed by atoms with Crippen molar-refractivity contribution in [3.05, 3.63) is 42.5 Å². The zero-order valence-corrected chi connectivity index (χ0v) is 14.7. The van der Waals surface area contributed by atoms with Gasteiger partial charge in [0.25, 0.3) is 0 Å². The Kier molecular flexibility index (Phi) is 6.22. The molecule has 4 heteroatoms. The van der Waals surface area contributed by atoms with Gasteiger partial charge in [-0.15, -0.1) is 0 Å². The van der Waals surface area contributed by atoms with Crippen molar-refractivity contribution in [3.63, 3.8) is 0 Å². The van der Waals surface area contributed by atoms with Crippen LogP contribution in [-0.4, -0.2) is 61.0 Å². The second-order valence-corrected chi connectivity index (χ2v) is 6.34. The largest absolute Gasteiger partial charge is 0.369 e. The SMILES string of the molecule is C=C(C)CN(CC)C(=O)C(C)N1CCN(c2ccccc2)CC1. The molecule has 2 rings (SSSR count). The monoisotopic (exact) mass is 315 g/mol. The molecule has 1 fully saturated rings. The molecule has 1 aliphatic heterocycles. The molecule has 1 aromatic carbocycles. The molecule has 4 nitrogen and oxygen atoms in total. The van der Waals surface area contributed by atoms with Crippen LogP contribution in [0.3, 0.4) is 0 Å². The number of benzene rings is 1. The summed E-state index contributed by atoms with van der Waals surface area (Å²) < 4.78 is 0. The predicted molar refractivity (Wildman–Crippen MR) is 96.8 cm³/mol. The molecule has 0 aliphatic carbocycles. The van der Waals surface area contributed by atoms with E-state index < -0.39 is 0 Å². The Morgan fingerprint density at radius 3 is 2.35 bits per heavy atom. The van der Waals surface area contributed by atoms with Crippen LogP contribution >= 0.6 is 0 Å². The zero-order valence-electron chi connectivity index (χ0n) is 14.7. The Bertz CT molecular complexity index is 521. The number of nitrogens with zero attached hydrogens (tertiary/aromatic N) is 3. The van der Waals surface area contributed by atoms with Crippen LogP contribution in [0.2, 0.25) is 0 Å². The molecule has 23 heavy (non-hydrogen) atoms. The Morgan fingerprint density at radius 2 is 1.83 bits per heavy atom. The first kappa shape index (κ1) is 17.5. The molecular weight excluding hydrogens is 286 g/mol. The third kappa shape index (κ3) is 4.58. The van der Waals surface area contributed by atoms with E-state index in [1.54, 1.807) is 0 Å². The van der Waals surface area contributed by atoms with E-state index in [-0.39, 0.29) is 11.9 Å². The molecule has 0 bridgehead atoms. The fourth-order valence-electron chi connectivity index (χ4n) is 3.10. The Morgan fingerprint density at radius 1 is 1.22 bits per heavy atom. The minimum Gasteiger partial charge on any atom is -0.369 e.